The third-order valence-corrected chi connectivity index (χ3v) is 2.96. The molecule has 1 aromatic heterocycles. The lowest BCUT2D eigenvalue weighted by molar-refractivity contribution is 0.0695. The van der Waals surface area contributed by atoms with Gasteiger partial charge in [0.05, 0.1) is 11.7 Å². The maximum Gasteiger partial charge on any atom is 0.335 e. The number of aromatic carboxylic acids is 1. The number of hydrogen-bond acceptors (Lipinski definition) is 3. The van der Waals surface area contributed by atoms with E-state index in [1.807, 2.05) is 6.92 Å². The molecule has 1 atom stereocenters. The summed E-state index contributed by atoms with van der Waals surface area (Å²) in [6.07, 6.45) is 5.85. The molecule has 4 heteroatoms. The minimum absolute atomic E-state index is 0.0628. The van der Waals surface area contributed by atoms with E-state index >= 15 is 0 Å². The van der Waals surface area contributed by atoms with Gasteiger partial charge in [-0.2, -0.15) is 0 Å². The van der Waals surface area contributed by atoms with Gasteiger partial charge in [-0.1, -0.05) is 26.2 Å². The van der Waals surface area contributed by atoms with Crippen LogP contribution in [0.2, 0.25) is 0 Å². The first-order valence-electron chi connectivity index (χ1n) is 6.91. The molecule has 0 saturated carbocycles. The standard InChI is InChI=1S/C15H23NO3/c1-4-5-6-7-8-12(3)19-14-10-13(15(17)18)9-11(2)16-14/h9-10,12H,4-8H2,1-3H3,(H,17,18). The molecule has 0 spiro atoms. The monoisotopic (exact) mass is 265 g/mol. The Balaban J connectivity index is 2.53. The first-order valence-corrected chi connectivity index (χ1v) is 6.91. The number of hydrogen-bond donors (Lipinski definition) is 1. The van der Waals surface area contributed by atoms with Gasteiger partial charge in [0.1, 0.15) is 0 Å². The molecule has 4 nitrogen and oxygen atoms in total. The van der Waals surface area contributed by atoms with Gasteiger partial charge in [-0.15, -0.1) is 0 Å². The van der Waals surface area contributed by atoms with Crippen LogP contribution < -0.4 is 4.74 Å². The molecule has 0 radical (unpaired) electrons. The van der Waals surface area contributed by atoms with Gasteiger partial charge in [0.15, 0.2) is 0 Å². The number of carboxylic acids is 1. The number of nitrogens with zero attached hydrogens (tertiary/aromatic N) is 1. The third kappa shape index (κ3) is 5.73. The summed E-state index contributed by atoms with van der Waals surface area (Å²) in [6, 6.07) is 3.03. The van der Waals surface area contributed by atoms with Crippen molar-refractivity contribution in [3.63, 3.8) is 0 Å². The Kier molecular flexibility index (Phi) is 6.33. The van der Waals surface area contributed by atoms with Crippen LogP contribution in [0.5, 0.6) is 5.88 Å². The summed E-state index contributed by atoms with van der Waals surface area (Å²) in [7, 11) is 0. The summed E-state index contributed by atoms with van der Waals surface area (Å²) in [5.74, 6) is -0.550. The average molecular weight is 265 g/mol. The third-order valence-electron chi connectivity index (χ3n) is 2.96. The van der Waals surface area contributed by atoms with Gasteiger partial charge >= 0.3 is 5.97 Å². The van der Waals surface area contributed by atoms with Crippen molar-refractivity contribution >= 4 is 5.97 Å². The molecule has 1 aromatic rings. The van der Waals surface area contributed by atoms with Crippen LogP contribution in [0.4, 0.5) is 0 Å². The van der Waals surface area contributed by atoms with Gasteiger partial charge in [0.2, 0.25) is 5.88 Å². The van der Waals surface area contributed by atoms with Crippen LogP contribution in [-0.4, -0.2) is 22.2 Å². The van der Waals surface area contributed by atoms with E-state index in [4.69, 9.17) is 9.84 Å². The minimum atomic E-state index is -0.953. The van der Waals surface area contributed by atoms with Crippen LogP contribution in [0.15, 0.2) is 12.1 Å². The summed E-state index contributed by atoms with van der Waals surface area (Å²) in [4.78, 5) is 15.2. The Morgan fingerprint density at radius 1 is 1.37 bits per heavy atom. The highest BCUT2D eigenvalue weighted by atomic mass is 16.5. The van der Waals surface area contributed by atoms with Crippen LogP contribution in [0.25, 0.3) is 0 Å². The maximum absolute atomic E-state index is 11.0. The van der Waals surface area contributed by atoms with Gasteiger partial charge in [-0.3, -0.25) is 0 Å². The second-order valence-corrected chi connectivity index (χ2v) is 4.92. The Bertz CT molecular complexity index is 418. The Labute approximate surface area is 114 Å². The molecule has 1 unspecified atom stereocenters. The molecule has 0 aliphatic rings. The van der Waals surface area contributed by atoms with Gasteiger partial charge in [-0.05, 0) is 32.8 Å². The second kappa shape index (κ2) is 7.77. The number of rotatable bonds is 8. The minimum Gasteiger partial charge on any atom is -0.478 e. The van der Waals surface area contributed by atoms with Crippen LogP contribution >= 0.6 is 0 Å². The number of carbonyl (C=O) groups is 1. The van der Waals surface area contributed by atoms with E-state index in [1.54, 1.807) is 13.0 Å². The molecule has 0 aliphatic heterocycles. The van der Waals surface area contributed by atoms with Crippen molar-refractivity contribution in [3.05, 3.63) is 23.4 Å². The van der Waals surface area contributed by atoms with Crippen molar-refractivity contribution in [2.45, 2.75) is 59.0 Å². The van der Waals surface area contributed by atoms with Crippen LogP contribution in [0.1, 0.15) is 62.0 Å². The van der Waals surface area contributed by atoms with Crippen LogP contribution in [-0.2, 0) is 0 Å². The number of ether oxygens (including phenoxy) is 1. The second-order valence-electron chi connectivity index (χ2n) is 4.92. The normalized spacial score (nSPS) is 12.2. The zero-order valence-corrected chi connectivity index (χ0v) is 12.0. The molecule has 0 aliphatic carbocycles. The fraction of sp³-hybridized carbons (Fsp3) is 0.600. The van der Waals surface area contributed by atoms with Gasteiger partial charge in [0.25, 0.3) is 0 Å². The smallest absolute Gasteiger partial charge is 0.335 e. The molecule has 0 amide bonds. The van der Waals surface area contributed by atoms with E-state index in [-0.39, 0.29) is 11.7 Å². The Morgan fingerprint density at radius 2 is 2.11 bits per heavy atom. The van der Waals surface area contributed by atoms with Crippen molar-refractivity contribution in [1.29, 1.82) is 0 Å². The van der Waals surface area contributed by atoms with E-state index in [0.717, 1.165) is 12.8 Å². The van der Waals surface area contributed by atoms with Crippen molar-refractivity contribution < 1.29 is 14.6 Å². The molecule has 19 heavy (non-hydrogen) atoms. The highest BCUT2D eigenvalue weighted by molar-refractivity contribution is 5.87. The number of unbranched alkanes of at least 4 members (excludes halogenated alkanes) is 3. The molecule has 0 fully saturated rings. The summed E-state index contributed by atoms with van der Waals surface area (Å²) in [5.41, 5.74) is 0.883. The average Bonchev–Trinajstić information content (AvgIpc) is 2.34. The Morgan fingerprint density at radius 3 is 2.74 bits per heavy atom. The lowest BCUT2D eigenvalue weighted by Gasteiger charge is -2.14. The quantitative estimate of drug-likeness (QED) is 0.726. The predicted octanol–water partition coefficient (Wildman–Crippen LogP) is 3.83. The summed E-state index contributed by atoms with van der Waals surface area (Å²) in [5, 5.41) is 8.98. The first-order chi connectivity index (χ1) is 9.02. The lowest BCUT2D eigenvalue weighted by atomic mass is 10.1. The summed E-state index contributed by atoms with van der Waals surface area (Å²) >= 11 is 0. The topological polar surface area (TPSA) is 59.4 Å². The van der Waals surface area contributed by atoms with E-state index < -0.39 is 5.97 Å². The molecular weight excluding hydrogens is 242 g/mol. The molecule has 1 rings (SSSR count). The molecule has 1 N–H and O–H groups in total. The van der Waals surface area contributed by atoms with Gasteiger partial charge in [-0.25, -0.2) is 9.78 Å². The van der Waals surface area contributed by atoms with E-state index in [2.05, 4.69) is 11.9 Å². The first kappa shape index (κ1) is 15.5. The molecular formula is C15H23NO3. The number of carboxylic acid groups (broad SMARTS) is 1. The highest BCUT2D eigenvalue weighted by Crippen LogP contribution is 2.16. The molecule has 0 bridgehead atoms. The Hall–Kier alpha value is -1.58. The lowest BCUT2D eigenvalue weighted by Crippen LogP contribution is -2.13. The predicted molar refractivity (Wildman–Crippen MR) is 74.8 cm³/mol. The summed E-state index contributed by atoms with van der Waals surface area (Å²) in [6.45, 7) is 5.95. The van der Waals surface area contributed by atoms with Crippen molar-refractivity contribution in [2.75, 3.05) is 0 Å². The number of aromatic nitrogens is 1. The van der Waals surface area contributed by atoms with Crippen LogP contribution in [0, 0.1) is 6.92 Å². The highest BCUT2D eigenvalue weighted by Gasteiger charge is 2.10. The van der Waals surface area contributed by atoms with E-state index in [0.29, 0.717) is 11.6 Å². The van der Waals surface area contributed by atoms with Crippen molar-refractivity contribution in [2.24, 2.45) is 0 Å². The zero-order valence-electron chi connectivity index (χ0n) is 12.0. The summed E-state index contributed by atoms with van der Waals surface area (Å²) < 4.78 is 5.69. The van der Waals surface area contributed by atoms with E-state index in [9.17, 15) is 4.79 Å². The zero-order chi connectivity index (χ0) is 14.3. The van der Waals surface area contributed by atoms with Crippen LogP contribution in [0.3, 0.4) is 0 Å². The molecule has 1 heterocycles. The van der Waals surface area contributed by atoms with E-state index in [1.165, 1.54) is 25.3 Å². The van der Waals surface area contributed by atoms with Gasteiger partial charge in [0, 0.05) is 11.8 Å². The molecule has 0 saturated heterocycles. The molecule has 0 aromatic carbocycles. The SMILES string of the molecule is CCCCCCC(C)Oc1cc(C(=O)O)cc(C)n1. The van der Waals surface area contributed by atoms with Crippen molar-refractivity contribution in [3.8, 4) is 5.88 Å². The fourth-order valence-electron chi connectivity index (χ4n) is 1.95. The number of aryl methyl sites for hydroxylation is 1. The largest absolute Gasteiger partial charge is 0.478 e. The maximum atomic E-state index is 11.0. The fourth-order valence-corrected chi connectivity index (χ4v) is 1.95. The molecule has 106 valence electrons. The van der Waals surface area contributed by atoms with Crippen molar-refractivity contribution in [1.82, 2.24) is 4.98 Å². The van der Waals surface area contributed by atoms with Gasteiger partial charge < -0.3 is 9.84 Å². The number of pyridine rings is 1.